The number of aromatic nitrogens is 2. The van der Waals surface area contributed by atoms with Crippen LogP contribution in [0.25, 0.3) is 0 Å². The molecule has 2 aromatic heterocycles. The molecular formula is C17H20N4O2S. The van der Waals surface area contributed by atoms with Crippen molar-refractivity contribution in [1.82, 2.24) is 20.2 Å². The van der Waals surface area contributed by atoms with Crippen LogP contribution in [0.4, 0.5) is 0 Å². The normalized spacial score (nSPS) is 17.1. The van der Waals surface area contributed by atoms with Crippen LogP contribution < -0.4 is 5.32 Å². The van der Waals surface area contributed by atoms with Gasteiger partial charge in [0.05, 0.1) is 17.3 Å². The van der Waals surface area contributed by atoms with Gasteiger partial charge in [0.25, 0.3) is 5.91 Å². The number of nitrogens with zero attached hydrogens (tertiary/aromatic N) is 3. The fourth-order valence-electron chi connectivity index (χ4n) is 3.00. The Morgan fingerprint density at radius 2 is 2.29 bits per heavy atom. The molecule has 0 saturated carbocycles. The molecule has 1 aliphatic rings. The van der Waals surface area contributed by atoms with Crippen molar-refractivity contribution < 1.29 is 9.59 Å². The number of thiophene rings is 1. The van der Waals surface area contributed by atoms with Gasteiger partial charge in [0, 0.05) is 37.2 Å². The second-order valence-electron chi connectivity index (χ2n) is 5.91. The Morgan fingerprint density at radius 1 is 1.46 bits per heavy atom. The Balaban J connectivity index is 1.90. The van der Waals surface area contributed by atoms with E-state index in [9.17, 15) is 9.59 Å². The monoisotopic (exact) mass is 344 g/mol. The Kier molecular flexibility index (Phi) is 4.89. The van der Waals surface area contributed by atoms with Crippen molar-refractivity contribution in [2.45, 2.75) is 39.3 Å². The molecule has 1 atom stereocenters. The third-order valence-electron chi connectivity index (χ3n) is 4.14. The minimum Gasteiger partial charge on any atom is -0.352 e. The molecule has 24 heavy (non-hydrogen) atoms. The van der Waals surface area contributed by atoms with Gasteiger partial charge in [-0.2, -0.15) is 11.3 Å². The Hall–Kier alpha value is -2.28. The molecule has 0 unspecified atom stereocenters. The van der Waals surface area contributed by atoms with Gasteiger partial charge in [-0.1, -0.05) is 0 Å². The Morgan fingerprint density at radius 3 is 3.00 bits per heavy atom. The first-order valence-corrected chi connectivity index (χ1v) is 8.90. The predicted octanol–water partition coefficient (Wildman–Crippen LogP) is 2.46. The van der Waals surface area contributed by atoms with E-state index < -0.39 is 0 Å². The summed E-state index contributed by atoms with van der Waals surface area (Å²) in [6.45, 7) is 4.42. The van der Waals surface area contributed by atoms with Crippen LogP contribution in [-0.4, -0.2) is 33.2 Å². The van der Waals surface area contributed by atoms with Crippen LogP contribution in [0.5, 0.6) is 0 Å². The lowest BCUT2D eigenvalue weighted by molar-refractivity contribution is -0.119. The molecule has 2 aromatic rings. The molecule has 7 heteroatoms. The summed E-state index contributed by atoms with van der Waals surface area (Å²) in [6.07, 6.45) is 3.57. The van der Waals surface area contributed by atoms with E-state index in [1.54, 1.807) is 6.20 Å². The average molecular weight is 344 g/mol. The molecule has 0 bridgehead atoms. The highest BCUT2D eigenvalue weighted by Gasteiger charge is 2.33. The standard InChI is InChI=1S/C17H20N4O2S/c1-11-18-8-14(9-19-12(2)22)16(20-11)15-4-3-6-21(15)17(23)13-5-7-24-10-13/h5,7-8,10,15H,3-4,6,9H2,1-2H3,(H,19,22)/t15-/m0/s1. The van der Waals surface area contributed by atoms with E-state index >= 15 is 0 Å². The molecule has 1 fully saturated rings. The number of hydrogen-bond acceptors (Lipinski definition) is 5. The number of carbonyl (C=O) groups is 2. The summed E-state index contributed by atoms with van der Waals surface area (Å²) in [7, 11) is 0. The molecule has 3 rings (SSSR count). The zero-order chi connectivity index (χ0) is 17.1. The smallest absolute Gasteiger partial charge is 0.255 e. The summed E-state index contributed by atoms with van der Waals surface area (Å²) < 4.78 is 0. The molecular weight excluding hydrogens is 324 g/mol. The Bertz CT molecular complexity index is 745. The fraction of sp³-hybridized carbons (Fsp3) is 0.412. The van der Waals surface area contributed by atoms with Crippen molar-refractivity contribution in [3.8, 4) is 0 Å². The topological polar surface area (TPSA) is 75.2 Å². The minimum atomic E-state index is -0.0980. The van der Waals surface area contributed by atoms with E-state index in [0.29, 0.717) is 12.4 Å². The maximum atomic E-state index is 12.8. The van der Waals surface area contributed by atoms with Crippen LogP contribution in [0, 0.1) is 6.92 Å². The first kappa shape index (κ1) is 16.6. The van der Waals surface area contributed by atoms with E-state index in [4.69, 9.17) is 0 Å². The molecule has 0 aliphatic carbocycles. The van der Waals surface area contributed by atoms with Crippen molar-refractivity contribution in [2.24, 2.45) is 0 Å². The van der Waals surface area contributed by atoms with Gasteiger partial charge in [0.15, 0.2) is 0 Å². The molecule has 1 saturated heterocycles. The SMILES string of the molecule is CC(=O)NCc1cnc(C)nc1[C@@H]1CCCN1C(=O)c1ccsc1. The van der Waals surface area contributed by atoms with E-state index in [1.807, 2.05) is 28.7 Å². The number of carbonyl (C=O) groups excluding carboxylic acids is 2. The summed E-state index contributed by atoms with van der Waals surface area (Å²) in [4.78, 5) is 34.7. The second-order valence-corrected chi connectivity index (χ2v) is 6.69. The minimum absolute atomic E-state index is 0.0421. The maximum Gasteiger partial charge on any atom is 0.255 e. The van der Waals surface area contributed by atoms with Gasteiger partial charge in [-0.3, -0.25) is 9.59 Å². The third-order valence-corrected chi connectivity index (χ3v) is 4.83. The van der Waals surface area contributed by atoms with Crippen molar-refractivity contribution >= 4 is 23.2 Å². The molecule has 0 radical (unpaired) electrons. The quantitative estimate of drug-likeness (QED) is 0.924. The molecule has 1 aliphatic heterocycles. The highest BCUT2D eigenvalue weighted by Crippen LogP contribution is 2.34. The van der Waals surface area contributed by atoms with Crippen molar-refractivity contribution in [2.75, 3.05) is 6.54 Å². The fourth-order valence-corrected chi connectivity index (χ4v) is 3.63. The van der Waals surface area contributed by atoms with E-state index in [-0.39, 0.29) is 17.9 Å². The van der Waals surface area contributed by atoms with Crippen LogP contribution in [0.3, 0.4) is 0 Å². The van der Waals surface area contributed by atoms with Crippen LogP contribution >= 0.6 is 11.3 Å². The number of likely N-dealkylation sites (tertiary alicyclic amines) is 1. The van der Waals surface area contributed by atoms with Gasteiger partial charge in [-0.05, 0) is 31.2 Å². The van der Waals surface area contributed by atoms with Gasteiger partial charge < -0.3 is 10.2 Å². The van der Waals surface area contributed by atoms with Crippen LogP contribution in [0.1, 0.15) is 53.2 Å². The number of hydrogen-bond donors (Lipinski definition) is 1. The first-order valence-electron chi connectivity index (χ1n) is 7.96. The highest BCUT2D eigenvalue weighted by molar-refractivity contribution is 7.08. The van der Waals surface area contributed by atoms with E-state index in [1.165, 1.54) is 18.3 Å². The van der Waals surface area contributed by atoms with Crippen molar-refractivity contribution in [1.29, 1.82) is 0 Å². The summed E-state index contributed by atoms with van der Waals surface area (Å²) in [5.74, 6) is 0.617. The van der Waals surface area contributed by atoms with Crippen molar-refractivity contribution in [3.05, 3.63) is 45.7 Å². The van der Waals surface area contributed by atoms with Gasteiger partial charge in [-0.25, -0.2) is 9.97 Å². The molecule has 0 aromatic carbocycles. The molecule has 3 heterocycles. The van der Waals surface area contributed by atoms with Crippen LogP contribution in [0.15, 0.2) is 23.0 Å². The lowest BCUT2D eigenvalue weighted by atomic mass is 10.1. The van der Waals surface area contributed by atoms with Gasteiger partial charge in [0.2, 0.25) is 5.91 Å². The molecule has 1 N–H and O–H groups in total. The molecule has 0 spiro atoms. The molecule has 2 amide bonds. The zero-order valence-corrected chi connectivity index (χ0v) is 14.6. The number of amides is 2. The lowest BCUT2D eigenvalue weighted by Crippen LogP contribution is -2.32. The average Bonchev–Trinajstić information content (AvgIpc) is 3.24. The van der Waals surface area contributed by atoms with Gasteiger partial charge >= 0.3 is 0 Å². The number of rotatable bonds is 4. The predicted molar refractivity (Wildman–Crippen MR) is 91.6 cm³/mol. The first-order chi connectivity index (χ1) is 11.6. The molecule has 126 valence electrons. The lowest BCUT2D eigenvalue weighted by Gasteiger charge is -2.26. The third kappa shape index (κ3) is 3.46. The summed E-state index contributed by atoms with van der Waals surface area (Å²) in [6, 6.07) is 1.79. The van der Waals surface area contributed by atoms with E-state index in [2.05, 4.69) is 15.3 Å². The van der Waals surface area contributed by atoms with Crippen LogP contribution in [0.2, 0.25) is 0 Å². The van der Waals surface area contributed by atoms with Gasteiger partial charge in [0.1, 0.15) is 5.82 Å². The zero-order valence-electron chi connectivity index (χ0n) is 13.8. The Labute approximate surface area is 144 Å². The molecule has 6 nitrogen and oxygen atoms in total. The number of nitrogens with one attached hydrogen (secondary N) is 1. The number of aryl methyl sites for hydroxylation is 1. The van der Waals surface area contributed by atoms with Gasteiger partial charge in [-0.15, -0.1) is 0 Å². The summed E-state index contributed by atoms with van der Waals surface area (Å²) >= 11 is 1.52. The second kappa shape index (κ2) is 7.09. The maximum absolute atomic E-state index is 12.8. The largest absolute Gasteiger partial charge is 0.352 e. The van der Waals surface area contributed by atoms with E-state index in [0.717, 1.165) is 36.2 Å². The summed E-state index contributed by atoms with van der Waals surface area (Å²) in [5, 5.41) is 6.58. The highest BCUT2D eigenvalue weighted by atomic mass is 32.1. The van der Waals surface area contributed by atoms with Crippen LogP contribution in [-0.2, 0) is 11.3 Å². The summed E-state index contributed by atoms with van der Waals surface area (Å²) in [5.41, 5.74) is 2.43. The van der Waals surface area contributed by atoms with Crippen molar-refractivity contribution in [3.63, 3.8) is 0 Å².